The van der Waals surface area contributed by atoms with Gasteiger partial charge in [0, 0.05) is 30.9 Å². The van der Waals surface area contributed by atoms with Gasteiger partial charge in [0.25, 0.3) is 0 Å². The van der Waals surface area contributed by atoms with E-state index in [0.717, 1.165) is 31.1 Å². The Morgan fingerprint density at radius 2 is 2.38 bits per heavy atom. The molecule has 0 bridgehead atoms. The predicted molar refractivity (Wildman–Crippen MR) is 66.2 cm³/mol. The van der Waals surface area contributed by atoms with Crippen molar-refractivity contribution in [1.29, 1.82) is 0 Å². The zero-order chi connectivity index (χ0) is 11.6. The quantitative estimate of drug-likeness (QED) is 0.848. The van der Waals surface area contributed by atoms with Crippen molar-refractivity contribution < 1.29 is 0 Å². The minimum absolute atomic E-state index is 0.00104. The van der Waals surface area contributed by atoms with Gasteiger partial charge >= 0.3 is 0 Å². The molecule has 3 nitrogen and oxygen atoms in total. The van der Waals surface area contributed by atoms with Crippen LogP contribution in [0.2, 0.25) is 0 Å². The molecule has 0 spiro atoms. The highest BCUT2D eigenvalue weighted by atomic mass is 15.1. The van der Waals surface area contributed by atoms with Gasteiger partial charge < -0.3 is 10.3 Å². The molecule has 1 saturated carbocycles. The highest BCUT2D eigenvalue weighted by molar-refractivity contribution is 5.04. The van der Waals surface area contributed by atoms with E-state index in [0.29, 0.717) is 0 Å². The van der Waals surface area contributed by atoms with E-state index in [-0.39, 0.29) is 5.54 Å². The summed E-state index contributed by atoms with van der Waals surface area (Å²) in [6.07, 6.45) is 9.74. The first-order valence-corrected chi connectivity index (χ1v) is 6.46. The van der Waals surface area contributed by atoms with Crippen LogP contribution in [0.3, 0.4) is 0 Å². The van der Waals surface area contributed by atoms with E-state index in [9.17, 15) is 0 Å². The number of nitrogens with two attached hydrogens (primary N) is 1. The van der Waals surface area contributed by atoms with Crippen LogP contribution in [0.5, 0.6) is 0 Å². The molecule has 16 heavy (non-hydrogen) atoms. The summed E-state index contributed by atoms with van der Waals surface area (Å²) in [4.78, 5) is 4.43. The molecule has 1 aliphatic carbocycles. The van der Waals surface area contributed by atoms with Crippen LogP contribution in [0.1, 0.15) is 45.4 Å². The molecule has 0 aromatic carbocycles. The van der Waals surface area contributed by atoms with E-state index in [1.807, 2.05) is 12.4 Å². The van der Waals surface area contributed by atoms with Crippen molar-refractivity contribution in [2.75, 3.05) is 0 Å². The largest absolute Gasteiger partial charge is 0.335 e. The molecule has 0 saturated heterocycles. The van der Waals surface area contributed by atoms with Crippen LogP contribution in [-0.4, -0.2) is 15.1 Å². The standard InChI is InChI=1S/C13H23N3/c1-3-11-5-6-13(14,9-11)10-12-15-7-8-16(12)4-2/h7-8,11H,3-6,9-10,14H2,1-2H3. The zero-order valence-corrected chi connectivity index (χ0v) is 10.4. The number of imidazole rings is 1. The molecule has 3 heteroatoms. The summed E-state index contributed by atoms with van der Waals surface area (Å²) in [7, 11) is 0. The molecule has 1 aromatic heterocycles. The van der Waals surface area contributed by atoms with Gasteiger partial charge in [-0.3, -0.25) is 0 Å². The van der Waals surface area contributed by atoms with Crippen molar-refractivity contribution >= 4 is 0 Å². The van der Waals surface area contributed by atoms with Gasteiger partial charge in [-0.1, -0.05) is 13.3 Å². The average molecular weight is 221 g/mol. The second-order valence-electron chi connectivity index (χ2n) is 5.19. The third-order valence-corrected chi connectivity index (χ3v) is 3.98. The lowest BCUT2D eigenvalue weighted by Crippen LogP contribution is -2.40. The Labute approximate surface area is 98.1 Å². The van der Waals surface area contributed by atoms with Crippen molar-refractivity contribution in [3.8, 4) is 0 Å². The summed E-state index contributed by atoms with van der Waals surface area (Å²) in [6, 6.07) is 0. The molecule has 1 aromatic rings. The van der Waals surface area contributed by atoms with E-state index in [1.54, 1.807) is 0 Å². The molecule has 2 rings (SSSR count). The van der Waals surface area contributed by atoms with Gasteiger partial charge in [-0.15, -0.1) is 0 Å². The summed E-state index contributed by atoms with van der Waals surface area (Å²) >= 11 is 0. The van der Waals surface area contributed by atoms with Gasteiger partial charge in [-0.2, -0.15) is 0 Å². The zero-order valence-electron chi connectivity index (χ0n) is 10.4. The molecule has 1 aliphatic rings. The molecule has 2 N–H and O–H groups in total. The van der Waals surface area contributed by atoms with Crippen LogP contribution in [0.15, 0.2) is 12.4 Å². The van der Waals surface area contributed by atoms with Gasteiger partial charge in [0.1, 0.15) is 5.82 Å². The third kappa shape index (κ3) is 2.29. The minimum atomic E-state index is -0.00104. The number of nitrogens with zero attached hydrogens (tertiary/aromatic N) is 2. The smallest absolute Gasteiger partial charge is 0.110 e. The van der Waals surface area contributed by atoms with Crippen LogP contribution in [0.4, 0.5) is 0 Å². The third-order valence-electron chi connectivity index (χ3n) is 3.98. The van der Waals surface area contributed by atoms with E-state index in [1.165, 1.54) is 19.3 Å². The Balaban J connectivity index is 2.04. The van der Waals surface area contributed by atoms with Crippen LogP contribution < -0.4 is 5.73 Å². The van der Waals surface area contributed by atoms with Crippen molar-refractivity contribution in [3.05, 3.63) is 18.2 Å². The second-order valence-corrected chi connectivity index (χ2v) is 5.19. The normalized spacial score (nSPS) is 29.8. The first-order chi connectivity index (χ1) is 7.67. The Hall–Kier alpha value is -0.830. The van der Waals surface area contributed by atoms with Crippen LogP contribution in [0, 0.1) is 5.92 Å². The summed E-state index contributed by atoms with van der Waals surface area (Å²) in [5.41, 5.74) is 6.49. The van der Waals surface area contributed by atoms with Gasteiger partial charge in [0.05, 0.1) is 0 Å². The van der Waals surface area contributed by atoms with Crippen LogP contribution in [0.25, 0.3) is 0 Å². The van der Waals surface area contributed by atoms with Gasteiger partial charge in [-0.05, 0) is 32.1 Å². The monoisotopic (exact) mass is 221 g/mol. The number of aromatic nitrogens is 2. The number of hydrogen-bond donors (Lipinski definition) is 1. The fourth-order valence-electron chi connectivity index (χ4n) is 2.89. The van der Waals surface area contributed by atoms with E-state index in [2.05, 4.69) is 23.4 Å². The molecule has 2 unspecified atom stereocenters. The van der Waals surface area contributed by atoms with Gasteiger partial charge in [-0.25, -0.2) is 4.98 Å². The molecule has 1 fully saturated rings. The summed E-state index contributed by atoms with van der Waals surface area (Å²) < 4.78 is 2.20. The predicted octanol–water partition coefficient (Wildman–Crippen LogP) is 2.35. The SMILES string of the molecule is CCC1CCC(N)(Cc2nccn2CC)C1. The molecule has 1 heterocycles. The highest BCUT2D eigenvalue weighted by Crippen LogP contribution is 2.36. The summed E-state index contributed by atoms with van der Waals surface area (Å²) in [5, 5.41) is 0. The molecule has 0 aliphatic heterocycles. The molecule has 2 atom stereocenters. The molecular formula is C13H23N3. The first kappa shape index (κ1) is 11.6. The maximum atomic E-state index is 6.49. The summed E-state index contributed by atoms with van der Waals surface area (Å²) in [5.74, 6) is 1.98. The number of aryl methyl sites for hydroxylation is 1. The lowest BCUT2D eigenvalue weighted by molar-refractivity contribution is 0.393. The van der Waals surface area contributed by atoms with Crippen LogP contribution >= 0.6 is 0 Å². The van der Waals surface area contributed by atoms with Crippen molar-refractivity contribution in [1.82, 2.24) is 9.55 Å². The van der Waals surface area contributed by atoms with E-state index >= 15 is 0 Å². The fraction of sp³-hybridized carbons (Fsp3) is 0.769. The Kier molecular flexibility index (Phi) is 3.33. The van der Waals surface area contributed by atoms with Crippen molar-refractivity contribution in [2.24, 2.45) is 11.7 Å². The molecule has 90 valence electrons. The van der Waals surface area contributed by atoms with E-state index in [4.69, 9.17) is 5.73 Å². The Bertz CT molecular complexity index is 345. The molecule has 0 radical (unpaired) electrons. The highest BCUT2D eigenvalue weighted by Gasteiger charge is 2.35. The fourth-order valence-corrected chi connectivity index (χ4v) is 2.89. The van der Waals surface area contributed by atoms with E-state index < -0.39 is 0 Å². The number of hydrogen-bond acceptors (Lipinski definition) is 2. The maximum absolute atomic E-state index is 6.49. The molecule has 0 amide bonds. The van der Waals surface area contributed by atoms with Gasteiger partial charge in [0.15, 0.2) is 0 Å². The number of rotatable bonds is 4. The first-order valence-electron chi connectivity index (χ1n) is 6.46. The maximum Gasteiger partial charge on any atom is 0.110 e. The van der Waals surface area contributed by atoms with Gasteiger partial charge in [0.2, 0.25) is 0 Å². The Morgan fingerprint density at radius 3 is 3.00 bits per heavy atom. The average Bonchev–Trinajstić information content (AvgIpc) is 2.85. The lowest BCUT2D eigenvalue weighted by Gasteiger charge is -2.24. The minimum Gasteiger partial charge on any atom is -0.335 e. The van der Waals surface area contributed by atoms with Crippen molar-refractivity contribution in [2.45, 2.75) is 58.0 Å². The second kappa shape index (κ2) is 4.58. The Morgan fingerprint density at radius 1 is 1.56 bits per heavy atom. The molecular weight excluding hydrogens is 198 g/mol. The topological polar surface area (TPSA) is 43.8 Å². The van der Waals surface area contributed by atoms with Crippen LogP contribution in [-0.2, 0) is 13.0 Å². The summed E-state index contributed by atoms with van der Waals surface area (Å²) in [6.45, 7) is 5.41. The van der Waals surface area contributed by atoms with Crippen molar-refractivity contribution in [3.63, 3.8) is 0 Å². The lowest BCUT2D eigenvalue weighted by atomic mass is 9.92.